The van der Waals surface area contributed by atoms with Gasteiger partial charge in [-0.2, -0.15) is 0 Å². The maximum absolute atomic E-state index is 15.3. The van der Waals surface area contributed by atoms with Gasteiger partial charge in [-0.25, -0.2) is 12.8 Å². The number of hydrogen-bond donors (Lipinski definition) is 1. The maximum Gasteiger partial charge on any atom is 0.264 e. The van der Waals surface area contributed by atoms with Crippen molar-refractivity contribution in [2.45, 2.75) is 57.1 Å². The Morgan fingerprint density at radius 3 is 2.20 bits per heavy atom. The molecular formula is C36H40FN3O5S. The van der Waals surface area contributed by atoms with Gasteiger partial charge in [-0.15, -0.1) is 0 Å². The lowest BCUT2D eigenvalue weighted by atomic mass is 10.0. The van der Waals surface area contributed by atoms with Crippen LogP contribution in [0, 0.1) is 12.7 Å². The summed E-state index contributed by atoms with van der Waals surface area (Å²) in [5.74, 6) is -1.31. The Bertz CT molecular complexity index is 1730. The van der Waals surface area contributed by atoms with Crippen LogP contribution in [0.2, 0.25) is 0 Å². The summed E-state index contributed by atoms with van der Waals surface area (Å²) in [7, 11) is -2.88. The smallest absolute Gasteiger partial charge is 0.264 e. The second-order valence-electron chi connectivity index (χ2n) is 11.2. The molecule has 0 fully saturated rings. The minimum Gasteiger partial charge on any atom is -0.497 e. The first kappa shape index (κ1) is 34.2. The van der Waals surface area contributed by atoms with E-state index >= 15 is 4.39 Å². The highest BCUT2D eigenvalue weighted by Gasteiger charge is 2.35. The lowest BCUT2D eigenvalue weighted by molar-refractivity contribution is -0.140. The van der Waals surface area contributed by atoms with Gasteiger partial charge in [0.2, 0.25) is 11.8 Å². The van der Waals surface area contributed by atoms with Crippen LogP contribution in [0.5, 0.6) is 5.75 Å². The molecule has 4 aromatic carbocycles. The molecule has 10 heteroatoms. The molecular weight excluding hydrogens is 605 g/mol. The van der Waals surface area contributed by atoms with Gasteiger partial charge in [-0.1, -0.05) is 79.2 Å². The monoisotopic (exact) mass is 645 g/mol. The Balaban J connectivity index is 1.83. The van der Waals surface area contributed by atoms with Crippen LogP contribution >= 0.6 is 0 Å². The van der Waals surface area contributed by atoms with Crippen molar-refractivity contribution < 1.29 is 27.1 Å². The van der Waals surface area contributed by atoms with Gasteiger partial charge < -0.3 is 15.0 Å². The summed E-state index contributed by atoms with van der Waals surface area (Å²) in [5.41, 5.74) is 2.05. The van der Waals surface area contributed by atoms with Crippen molar-refractivity contribution in [1.29, 1.82) is 0 Å². The third kappa shape index (κ3) is 8.51. The summed E-state index contributed by atoms with van der Waals surface area (Å²) in [5, 5.41) is 3.00. The van der Waals surface area contributed by atoms with Gasteiger partial charge in [0, 0.05) is 19.0 Å². The van der Waals surface area contributed by atoms with E-state index in [0.717, 1.165) is 21.5 Å². The fourth-order valence-corrected chi connectivity index (χ4v) is 6.39. The first-order chi connectivity index (χ1) is 22.0. The molecule has 0 unspecified atom stereocenters. The summed E-state index contributed by atoms with van der Waals surface area (Å²) in [6.07, 6.45) is 0.840. The average molecular weight is 646 g/mol. The number of ether oxygens (including phenoxy) is 1. The Morgan fingerprint density at radius 2 is 1.54 bits per heavy atom. The molecule has 0 heterocycles. The standard InChI is InChI=1S/C36H40FN3O5S/c1-5-27(3)38-36(42)34(23-28-12-7-6-8-13-28)39(24-29-14-11-15-30(22-29)45-4)35(41)25-40(33-17-10-9-16-32(33)37)46(43,44)31-20-18-26(2)19-21-31/h6-22,27,34H,5,23-25H2,1-4H3,(H,38,42)/t27-,34-/m0/s1. The predicted octanol–water partition coefficient (Wildman–Crippen LogP) is 5.89. The van der Waals surface area contributed by atoms with Crippen molar-refractivity contribution in [2.75, 3.05) is 18.0 Å². The predicted molar refractivity (Wildman–Crippen MR) is 177 cm³/mol. The van der Waals surface area contributed by atoms with Crippen molar-refractivity contribution in [1.82, 2.24) is 10.2 Å². The fraction of sp³-hybridized carbons (Fsp3) is 0.278. The van der Waals surface area contributed by atoms with E-state index in [4.69, 9.17) is 4.74 Å². The Hall–Kier alpha value is -4.70. The number of sulfonamides is 1. The van der Waals surface area contributed by atoms with Gasteiger partial charge in [-0.05, 0) is 67.8 Å². The van der Waals surface area contributed by atoms with E-state index in [-0.39, 0.29) is 35.5 Å². The van der Waals surface area contributed by atoms with E-state index < -0.39 is 34.3 Å². The number of nitrogens with one attached hydrogen (secondary N) is 1. The van der Waals surface area contributed by atoms with Gasteiger partial charge in [0.15, 0.2) is 0 Å². The van der Waals surface area contributed by atoms with E-state index in [1.54, 1.807) is 36.4 Å². The SMILES string of the molecule is CC[C@H](C)NC(=O)[C@H](Cc1ccccc1)N(Cc1cccc(OC)c1)C(=O)CN(c1ccccc1F)S(=O)(=O)c1ccc(C)cc1. The summed E-state index contributed by atoms with van der Waals surface area (Å²) < 4.78 is 49.6. The van der Waals surface area contributed by atoms with Crippen molar-refractivity contribution in [2.24, 2.45) is 0 Å². The van der Waals surface area contributed by atoms with Crippen LogP contribution in [0.4, 0.5) is 10.1 Å². The van der Waals surface area contributed by atoms with Crippen molar-refractivity contribution >= 4 is 27.5 Å². The summed E-state index contributed by atoms with van der Waals surface area (Å²) >= 11 is 0. The molecule has 0 aliphatic rings. The molecule has 0 aromatic heterocycles. The molecule has 2 atom stereocenters. The number of aryl methyl sites for hydroxylation is 1. The number of rotatable bonds is 14. The summed E-state index contributed by atoms with van der Waals surface area (Å²) in [6, 6.07) is 26.7. The highest BCUT2D eigenvalue weighted by Crippen LogP contribution is 2.28. The molecule has 46 heavy (non-hydrogen) atoms. The zero-order chi connectivity index (χ0) is 33.3. The highest BCUT2D eigenvalue weighted by molar-refractivity contribution is 7.92. The van der Waals surface area contributed by atoms with Crippen LogP contribution < -0.4 is 14.4 Å². The number of nitrogens with zero attached hydrogens (tertiary/aromatic N) is 2. The lowest BCUT2D eigenvalue weighted by Crippen LogP contribution is -2.54. The number of para-hydroxylation sites is 1. The fourth-order valence-electron chi connectivity index (χ4n) is 4.97. The number of amides is 2. The van der Waals surface area contributed by atoms with Gasteiger partial charge in [0.1, 0.15) is 24.2 Å². The second kappa shape index (κ2) is 15.5. The van der Waals surface area contributed by atoms with Crippen molar-refractivity contribution in [3.05, 3.63) is 126 Å². The minimum atomic E-state index is -4.41. The number of anilines is 1. The molecule has 4 rings (SSSR count). The molecule has 2 amide bonds. The number of benzene rings is 4. The normalized spacial score (nSPS) is 12.5. The Morgan fingerprint density at radius 1 is 0.891 bits per heavy atom. The molecule has 242 valence electrons. The quantitative estimate of drug-likeness (QED) is 0.185. The van der Waals surface area contributed by atoms with Crippen molar-refractivity contribution in [3.63, 3.8) is 0 Å². The molecule has 0 spiro atoms. The van der Waals surface area contributed by atoms with Crippen LogP contribution in [-0.4, -0.2) is 50.9 Å². The number of carbonyl (C=O) groups is 2. The molecule has 0 saturated heterocycles. The molecule has 0 aliphatic heterocycles. The minimum absolute atomic E-state index is 0.0306. The van der Waals surface area contributed by atoms with Gasteiger partial charge in [0.25, 0.3) is 10.0 Å². The molecule has 0 aliphatic carbocycles. The van der Waals surface area contributed by atoms with Gasteiger partial charge in [-0.3, -0.25) is 13.9 Å². The molecule has 1 N–H and O–H groups in total. The zero-order valence-electron chi connectivity index (χ0n) is 26.5. The molecule has 0 saturated carbocycles. The van der Waals surface area contributed by atoms with Crippen molar-refractivity contribution in [3.8, 4) is 5.75 Å². The lowest BCUT2D eigenvalue weighted by Gasteiger charge is -2.34. The molecule has 8 nitrogen and oxygen atoms in total. The largest absolute Gasteiger partial charge is 0.497 e. The number of methoxy groups -OCH3 is 1. The Labute approximate surface area is 270 Å². The topological polar surface area (TPSA) is 96.0 Å². The van der Waals surface area contributed by atoms with E-state index in [2.05, 4.69) is 5.32 Å². The first-order valence-corrected chi connectivity index (χ1v) is 16.6. The van der Waals surface area contributed by atoms with E-state index in [1.165, 1.54) is 42.3 Å². The van der Waals surface area contributed by atoms with Gasteiger partial charge >= 0.3 is 0 Å². The van der Waals surface area contributed by atoms with Crippen LogP contribution in [0.3, 0.4) is 0 Å². The van der Waals surface area contributed by atoms with Crippen LogP contribution in [0.15, 0.2) is 108 Å². The third-order valence-electron chi connectivity index (χ3n) is 7.77. The Kier molecular flexibility index (Phi) is 11.5. The highest BCUT2D eigenvalue weighted by atomic mass is 32.2. The molecule has 0 bridgehead atoms. The van der Waals surface area contributed by atoms with E-state index in [1.807, 2.05) is 51.1 Å². The van der Waals surface area contributed by atoms with Crippen LogP contribution in [0.1, 0.15) is 37.0 Å². The first-order valence-electron chi connectivity index (χ1n) is 15.1. The zero-order valence-corrected chi connectivity index (χ0v) is 27.3. The van der Waals surface area contributed by atoms with Gasteiger partial charge in [0.05, 0.1) is 17.7 Å². The maximum atomic E-state index is 15.3. The van der Waals surface area contributed by atoms with E-state index in [0.29, 0.717) is 17.7 Å². The van der Waals surface area contributed by atoms with Crippen LogP contribution in [0.25, 0.3) is 0 Å². The molecule has 4 aromatic rings. The number of halogens is 1. The van der Waals surface area contributed by atoms with E-state index in [9.17, 15) is 18.0 Å². The molecule has 0 radical (unpaired) electrons. The number of hydrogen-bond acceptors (Lipinski definition) is 5. The number of carbonyl (C=O) groups excluding carboxylic acids is 2. The summed E-state index contributed by atoms with van der Waals surface area (Å²) in [4.78, 5) is 29.7. The third-order valence-corrected chi connectivity index (χ3v) is 9.54. The van der Waals surface area contributed by atoms with Crippen LogP contribution in [-0.2, 0) is 32.6 Å². The second-order valence-corrected chi connectivity index (χ2v) is 13.0. The average Bonchev–Trinajstić information content (AvgIpc) is 3.06. The summed E-state index contributed by atoms with van der Waals surface area (Å²) in [6.45, 7) is 4.86.